The van der Waals surface area contributed by atoms with E-state index in [9.17, 15) is 4.79 Å². The molecule has 3 rings (SSSR count). The van der Waals surface area contributed by atoms with Crippen LogP contribution in [0.3, 0.4) is 0 Å². The average molecular weight is 440 g/mol. The molecule has 2 saturated heterocycles. The molecule has 0 spiro atoms. The van der Waals surface area contributed by atoms with Crippen molar-refractivity contribution in [1.29, 1.82) is 0 Å². The molecule has 2 aliphatic heterocycles. The lowest BCUT2D eigenvalue weighted by atomic mass is 9.54. The fraction of sp³-hybridized carbons (Fsp3) is 0.950. The van der Waals surface area contributed by atoms with Gasteiger partial charge >= 0.3 is 0 Å². The lowest BCUT2D eigenvalue weighted by Gasteiger charge is -2.59. The summed E-state index contributed by atoms with van der Waals surface area (Å²) in [5, 5.41) is 0. The van der Waals surface area contributed by atoms with E-state index in [1.807, 2.05) is 11.8 Å². The van der Waals surface area contributed by atoms with Crippen LogP contribution in [0.25, 0.3) is 0 Å². The Morgan fingerprint density at radius 3 is 2.21 bits per heavy atom. The molecule has 2 heterocycles. The molecule has 0 bridgehead atoms. The highest BCUT2D eigenvalue weighted by molar-refractivity contribution is 5.89. The third-order valence-electron chi connectivity index (χ3n) is 6.90. The van der Waals surface area contributed by atoms with Gasteiger partial charge in [0.1, 0.15) is 5.54 Å². The quantitative estimate of drug-likeness (QED) is 0.659. The summed E-state index contributed by atoms with van der Waals surface area (Å²) >= 11 is 0. The van der Waals surface area contributed by atoms with Gasteiger partial charge in [0.05, 0.1) is 18.8 Å². The van der Waals surface area contributed by atoms with Crippen molar-refractivity contribution in [2.45, 2.75) is 70.6 Å². The number of carbonyl (C=O) groups is 1. The first kappa shape index (κ1) is 25.9. The van der Waals surface area contributed by atoms with Crippen LogP contribution in [0.5, 0.6) is 0 Å². The van der Waals surface area contributed by atoms with Crippen LogP contribution < -0.4 is 5.73 Å². The van der Waals surface area contributed by atoms with Crippen LogP contribution in [-0.2, 0) is 14.3 Å². The fourth-order valence-electron chi connectivity index (χ4n) is 4.66. The molecule has 1 amide bonds. The predicted octanol–water partition coefficient (Wildman–Crippen LogP) is 2.47. The summed E-state index contributed by atoms with van der Waals surface area (Å²) in [6, 6.07) is 0. The number of piperidine rings is 1. The molecule has 0 radical (unpaired) electrons. The van der Waals surface area contributed by atoms with Gasteiger partial charge in [-0.15, -0.1) is 24.8 Å². The number of rotatable bonds is 7. The molecule has 0 aromatic rings. The van der Waals surface area contributed by atoms with Crippen molar-refractivity contribution in [3.63, 3.8) is 0 Å². The highest BCUT2D eigenvalue weighted by atomic mass is 35.5. The van der Waals surface area contributed by atoms with Gasteiger partial charge in [0, 0.05) is 38.1 Å². The molecule has 3 aliphatic rings. The maximum absolute atomic E-state index is 13.1. The van der Waals surface area contributed by atoms with Crippen LogP contribution in [0.2, 0.25) is 0 Å². The molecular formula is C20H39Cl2N3O3. The molecule has 28 heavy (non-hydrogen) atoms. The SMILES string of the molecule is CCOC1CC(N)(C(=O)N2CCC(OCCN3CCCC3)CC2)C1(C)C.Cl.Cl. The molecular weight excluding hydrogens is 401 g/mol. The first-order chi connectivity index (χ1) is 12.4. The summed E-state index contributed by atoms with van der Waals surface area (Å²) in [5.74, 6) is 0.0916. The Morgan fingerprint density at radius 2 is 1.68 bits per heavy atom. The summed E-state index contributed by atoms with van der Waals surface area (Å²) in [5.41, 5.74) is 5.44. The number of carbonyl (C=O) groups excluding carboxylic acids is 1. The molecule has 2 atom stereocenters. The van der Waals surface area contributed by atoms with Crippen molar-refractivity contribution in [1.82, 2.24) is 9.80 Å². The molecule has 2 N–H and O–H groups in total. The largest absolute Gasteiger partial charge is 0.378 e. The number of nitrogens with zero attached hydrogens (tertiary/aromatic N) is 2. The van der Waals surface area contributed by atoms with Gasteiger partial charge in [-0.2, -0.15) is 0 Å². The lowest BCUT2D eigenvalue weighted by Crippen LogP contribution is -2.76. The van der Waals surface area contributed by atoms with E-state index in [1.165, 1.54) is 25.9 Å². The number of likely N-dealkylation sites (tertiary alicyclic amines) is 2. The third-order valence-corrected chi connectivity index (χ3v) is 6.90. The number of hydrogen-bond acceptors (Lipinski definition) is 5. The Bertz CT molecular complexity index is 495. The molecule has 8 heteroatoms. The predicted molar refractivity (Wildman–Crippen MR) is 116 cm³/mol. The molecule has 3 fully saturated rings. The zero-order valence-electron chi connectivity index (χ0n) is 17.7. The van der Waals surface area contributed by atoms with Gasteiger partial charge in [-0.1, -0.05) is 13.8 Å². The van der Waals surface area contributed by atoms with Gasteiger partial charge in [-0.05, 0) is 45.7 Å². The van der Waals surface area contributed by atoms with Crippen LogP contribution in [0.15, 0.2) is 0 Å². The molecule has 0 aromatic heterocycles. The Balaban J connectivity index is 0.00000196. The summed E-state index contributed by atoms with van der Waals surface area (Å²) in [6.07, 6.45) is 5.45. The zero-order valence-corrected chi connectivity index (χ0v) is 19.3. The minimum atomic E-state index is -0.795. The van der Waals surface area contributed by atoms with E-state index in [4.69, 9.17) is 15.2 Å². The topological polar surface area (TPSA) is 68.0 Å². The second-order valence-corrected chi connectivity index (χ2v) is 8.75. The van der Waals surface area contributed by atoms with Crippen LogP contribution in [-0.4, -0.2) is 79.4 Å². The second kappa shape index (κ2) is 10.8. The van der Waals surface area contributed by atoms with E-state index in [2.05, 4.69) is 18.7 Å². The van der Waals surface area contributed by atoms with E-state index >= 15 is 0 Å². The molecule has 1 aliphatic carbocycles. The summed E-state index contributed by atoms with van der Waals surface area (Å²) in [7, 11) is 0. The van der Waals surface area contributed by atoms with E-state index in [0.29, 0.717) is 13.0 Å². The summed E-state index contributed by atoms with van der Waals surface area (Å²) < 4.78 is 11.8. The number of nitrogens with two attached hydrogens (primary N) is 1. The van der Waals surface area contributed by atoms with Gasteiger partial charge in [0.2, 0.25) is 5.91 Å². The van der Waals surface area contributed by atoms with Crippen molar-refractivity contribution in [2.24, 2.45) is 11.1 Å². The van der Waals surface area contributed by atoms with Gasteiger partial charge in [-0.25, -0.2) is 0 Å². The van der Waals surface area contributed by atoms with Gasteiger partial charge in [0.25, 0.3) is 0 Å². The number of ether oxygens (including phenoxy) is 2. The maximum atomic E-state index is 13.1. The van der Waals surface area contributed by atoms with Crippen molar-refractivity contribution >= 4 is 30.7 Å². The molecule has 0 aromatic carbocycles. The number of amides is 1. The van der Waals surface area contributed by atoms with E-state index in [-0.39, 0.29) is 48.3 Å². The van der Waals surface area contributed by atoms with Crippen LogP contribution >= 0.6 is 24.8 Å². The Morgan fingerprint density at radius 1 is 1.07 bits per heavy atom. The molecule has 1 saturated carbocycles. The van der Waals surface area contributed by atoms with E-state index < -0.39 is 5.54 Å². The van der Waals surface area contributed by atoms with Crippen LogP contribution in [0.4, 0.5) is 0 Å². The minimum Gasteiger partial charge on any atom is -0.378 e. The smallest absolute Gasteiger partial charge is 0.243 e. The van der Waals surface area contributed by atoms with E-state index in [1.54, 1.807) is 0 Å². The Kier molecular flexibility index (Phi) is 9.98. The monoisotopic (exact) mass is 439 g/mol. The molecule has 6 nitrogen and oxygen atoms in total. The zero-order chi connectivity index (χ0) is 18.8. The summed E-state index contributed by atoms with van der Waals surface area (Å²) in [4.78, 5) is 17.5. The first-order valence-electron chi connectivity index (χ1n) is 10.4. The van der Waals surface area contributed by atoms with Crippen LogP contribution in [0, 0.1) is 5.41 Å². The summed E-state index contributed by atoms with van der Waals surface area (Å²) in [6.45, 7) is 12.6. The molecule has 166 valence electrons. The van der Waals surface area contributed by atoms with Crippen molar-refractivity contribution in [3.05, 3.63) is 0 Å². The highest BCUT2D eigenvalue weighted by Crippen LogP contribution is 2.50. The third kappa shape index (κ3) is 5.13. The van der Waals surface area contributed by atoms with Gasteiger partial charge in [0.15, 0.2) is 0 Å². The van der Waals surface area contributed by atoms with Crippen molar-refractivity contribution in [3.8, 4) is 0 Å². The maximum Gasteiger partial charge on any atom is 0.243 e. The number of halogens is 2. The normalized spacial score (nSPS) is 30.3. The van der Waals surface area contributed by atoms with Crippen molar-refractivity contribution in [2.75, 3.05) is 45.9 Å². The Labute approximate surface area is 182 Å². The molecule has 2 unspecified atom stereocenters. The highest BCUT2D eigenvalue weighted by Gasteiger charge is 2.63. The second-order valence-electron chi connectivity index (χ2n) is 8.75. The first-order valence-corrected chi connectivity index (χ1v) is 10.4. The number of hydrogen-bond donors (Lipinski definition) is 1. The Hall–Kier alpha value is -0.110. The van der Waals surface area contributed by atoms with Gasteiger partial charge < -0.3 is 25.0 Å². The van der Waals surface area contributed by atoms with Gasteiger partial charge in [-0.3, -0.25) is 4.79 Å². The van der Waals surface area contributed by atoms with E-state index in [0.717, 1.165) is 39.1 Å². The van der Waals surface area contributed by atoms with Crippen LogP contribution in [0.1, 0.15) is 52.9 Å². The average Bonchev–Trinajstić information content (AvgIpc) is 3.15. The van der Waals surface area contributed by atoms with Crippen molar-refractivity contribution < 1.29 is 14.3 Å². The lowest BCUT2D eigenvalue weighted by molar-refractivity contribution is -0.181. The standard InChI is InChI=1S/C20H37N3O3.2ClH/c1-4-25-17-15-20(21,19(17,2)3)18(24)23-11-7-16(8-12-23)26-14-13-22-9-5-6-10-22;;/h16-17H,4-15,21H2,1-3H3;2*1H. The fourth-order valence-corrected chi connectivity index (χ4v) is 4.66. The minimum absolute atomic E-state index is 0.